The number of hydrogen-bond acceptors (Lipinski definition) is 2. The molecular formula is C14H21BrN2. The number of rotatable bonds is 4. The van der Waals surface area contributed by atoms with Crippen molar-refractivity contribution in [3.05, 3.63) is 33.8 Å². The van der Waals surface area contributed by atoms with E-state index in [-0.39, 0.29) is 0 Å². The van der Waals surface area contributed by atoms with E-state index >= 15 is 0 Å². The molecule has 1 aliphatic rings. The van der Waals surface area contributed by atoms with Crippen LogP contribution in [0.15, 0.2) is 22.7 Å². The third-order valence-corrected chi connectivity index (χ3v) is 4.03. The van der Waals surface area contributed by atoms with Crippen LogP contribution in [0, 0.1) is 5.92 Å². The van der Waals surface area contributed by atoms with Crippen LogP contribution in [0.5, 0.6) is 0 Å². The van der Waals surface area contributed by atoms with Crippen LogP contribution >= 0.6 is 15.9 Å². The van der Waals surface area contributed by atoms with Gasteiger partial charge in [0.1, 0.15) is 0 Å². The molecule has 1 N–H and O–H groups in total. The van der Waals surface area contributed by atoms with Crippen molar-refractivity contribution in [2.75, 3.05) is 27.2 Å². The molecule has 2 rings (SSSR count). The molecule has 17 heavy (non-hydrogen) atoms. The molecule has 1 aromatic rings. The van der Waals surface area contributed by atoms with Crippen LogP contribution in [-0.2, 0) is 13.0 Å². The summed E-state index contributed by atoms with van der Waals surface area (Å²) in [6.07, 6.45) is 2.52. The van der Waals surface area contributed by atoms with Crippen molar-refractivity contribution < 1.29 is 0 Å². The van der Waals surface area contributed by atoms with Gasteiger partial charge in [0.2, 0.25) is 0 Å². The molecule has 1 unspecified atom stereocenters. The van der Waals surface area contributed by atoms with Crippen molar-refractivity contribution in [2.24, 2.45) is 5.92 Å². The minimum atomic E-state index is 0.821. The van der Waals surface area contributed by atoms with Gasteiger partial charge in [0, 0.05) is 11.0 Å². The van der Waals surface area contributed by atoms with Gasteiger partial charge < -0.3 is 10.2 Å². The molecule has 0 aliphatic carbocycles. The van der Waals surface area contributed by atoms with E-state index in [1.807, 2.05) is 0 Å². The smallest absolute Gasteiger partial charge is 0.0238 e. The monoisotopic (exact) mass is 296 g/mol. The predicted molar refractivity (Wildman–Crippen MR) is 76.2 cm³/mol. The fraction of sp³-hybridized carbons (Fsp3) is 0.571. The molecule has 3 heteroatoms. The van der Waals surface area contributed by atoms with Crippen LogP contribution in [0.25, 0.3) is 0 Å². The second-order valence-corrected chi connectivity index (χ2v) is 6.08. The van der Waals surface area contributed by atoms with Gasteiger partial charge >= 0.3 is 0 Å². The third kappa shape index (κ3) is 3.80. The SMILES string of the molecule is CN(C)Cc1ccc(CC2CCNC2)cc1Br. The molecule has 1 saturated heterocycles. The number of hydrogen-bond donors (Lipinski definition) is 1. The molecule has 2 nitrogen and oxygen atoms in total. The molecular weight excluding hydrogens is 276 g/mol. The maximum absolute atomic E-state index is 3.68. The van der Waals surface area contributed by atoms with E-state index in [4.69, 9.17) is 0 Å². The maximum atomic E-state index is 3.68. The van der Waals surface area contributed by atoms with Gasteiger partial charge in [-0.1, -0.05) is 28.1 Å². The number of nitrogens with zero attached hydrogens (tertiary/aromatic N) is 1. The number of nitrogens with one attached hydrogen (secondary N) is 1. The first-order valence-electron chi connectivity index (χ1n) is 6.28. The molecule has 0 saturated carbocycles. The standard InChI is InChI=1S/C14H21BrN2/c1-17(2)10-13-4-3-11(8-14(13)15)7-12-5-6-16-9-12/h3-4,8,12,16H,5-7,9-10H2,1-2H3. The number of benzene rings is 1. The fourth-order valence-electron chi connectivity index (χ4n) is 2.41. The van der Waals surface area contributed by atoms with Crippen LogP contribution in [0.1, 0.15) is 17.5 Å². The summed E-state index contributed by atoms with van der Waals surface area (Å²) in [6.45, 7) is 3.35. The zero-order valence-electron chi connectivity index (χ0n) is 10.7. The normalized spacial score (nSPS) is 20.1. The molecule has 1 atom stereocenters. The van der Waals surface area contributed by atoms with E-state index < -0.39 is 0 Å². The first kappa shape index (κ1) is 13.1. The minimum Gasteiger partial charge on any atom is -0.316 e. The summed E-state index contributed by atoms with van der Waals surface area (Å²) in [7, 11) is 4.20. The molecule has 1 heterocycles. The van der Waals surface area contributed by atoms with E-state index in [9.17, 15) is 0 Å². The molecule has 1 aliphatic heterocycles. The molecule has 94 valence electrons. The van der Waals surface area contributed by atoms with Gasteiger partial charge in [-0.3, -0.25) is 0 Å². The Bertz CT molecular complexity index is 370. The first-order valence-corrected chi connectivity index (χ1v) is 7.07. The molecule has 0 amide bonds. The topological polar surface area (TPSA) is 15.3 Å². The Morgan fingerprint density at radius 3 is 2.82 bits per heavy atom. The lowest BCUT2D eigenvalue weighted by atomic mass is 9.98. The zero-order valence-corrected chi connectivity index (χ0v) is 12.3. The molecule has 0 aromatic heterocycles. The average Bonchev–Trinajstić information content (AvgIpc) is 2.74. The van der Waals surface area contributed by atoms with Crippen molar-refractivity contribution in [3.63, 3.8) is 0 Å². The Hall–Kier alpha value is -0.380. The van der Waals surface area contributed by atoms with E-state index in [2.05, 4.69) is 58.4 Å². The molecule has 1 fully saturated rings. The largest absolute Gasteiger partial charge is 0.316 e. The van der Waals surface area contributed by atoms with Crippen molar-refractivity contribution in [2.45, 2.75) is 19.4 Å². The summed E-state index contributed by atoms with van der Waals surface area (Å²) in [5, 5.41) is 3.43. The van der Waals surface area contributed by atoms with E-state index in [0.29, 0.717) is 0 Å². The Kier molecular flexibility index (Phi) is 4.60. The number of halogens is 1. The lowest BCUT2D eigenvalue weighted by molar-refractivity contribution is 0.401. The van der Waals surface area contributed by atoms with Gasteiger partial charge in [-0.25, -0.2) is 0 Å². The second-order valence-electron chi connectivity index (χ2n) is 5.23. The lowest BCUT2D eigenvalue weighted by Crippen LogP contribution is -2.12. The van der Waals surface area contributed by atoms with Crippen LogP contribution in [-0.4, -0.2) is 32.1 Å². The van der Waals surface area contributed by atoms with Gasteiger partial charge in [0.25, 0.3) is 0 Å². The van der Waals surface area contributed by atoms with Crippen molar-refractivity contribution in [1.29, 1.82) is 0 Å². The highest BCUT2D eigenvalue weighted by Crippen LogP contribution is 2.22. The van der Waals surface area contributed by atoms with E-state index in [0.717, 1.165) is 12.5 Å². The van der Waals surface area contributed by atoms with E-state index in [1.54, 1.807) is 0 Å². The highest BCUT2D eigenvalue weighted by Gasteiger charge is 2.15. The lowest BCUT2D eigenvalue weighted by Gasteiger charge is -2.14. The van der Waals surface area contributed by atoms with Gasteiger partial charge in [0.15, 0.2) is 0 Å². The maximum Gasteiger partial charge on any atom is 0.0238 e. The second kappa shape index (κ2) is 5.98. The van der Waals surface area contributed by atoms with Gasteiger partial charge in [0.05, 0.1) is 0 Å². The van der Waals surface area contributed by atoms with Gasteiger partial charge in [-0.15, -0.1) is 0 Å². The molecule has 1 aromatic carbocycles. The summed E-state index contributed by atoms with van der Waals surface area (Å²) in [4.78, 5) is 2.20. The summed E-state index contributed by atoms with van der Waals surface area (Å²) < 4.78 is 1.25. The Labute approximate surface area is 113 Å². The van der Waals surface area contributed by atoms with Crippen LogP contribution in [0.4, 0.5) is 0 Å². The Balaban J connectivity index is 2.02. The summed E-state index contributed by atoms with van der Waals surface area (Å²) in [5.41, 5.74) is 2.82. The molecule has 0 bridgehead atoms. The third-order valence-electron chi connectivity index (χ3n) is 3.29. The van der Waals surface area contributed by atoms with Gasteiger partial charge in [-0.05, 0) is 63.1 Å². The van der Waals surface area contributed by atoms with Gasteiger partial charge in [-0.2, -0.15) is 0 Å². The molecule has 0 radical (unpaired) electrons. The predicted octanol–water partition coefficient (Wildman–Crippen LogP) is 2.66. The van der Waals surface area contributed by atoms with Crippen molar-refractivity contribution in [1.82, 2.24) is 10.2 Å². The highest BCUT2D eigenvalue weighted by molar-refractivity contribution is 9.10. The summed E-state index contributed by atoms with van der Waals surface area (Å²) in [5.74, 6) is 0.821. The average molecular weight is 297 g/mol. The van der Waals surface area contributed by atoms with Crippen molar-refractivity contribution >= 4 is 15.9 Å². The van der Waals surface area contributed by atoms with Crippen LogP contribution in [0.2, 0.25) is 0 Å². The zero-order chi connectivity index (χ0) is 12.3. The highest BCUT2D eigenvalue weighted by atomic mass is 79.9. The van der Waals surface area contributed by atoms with E-state index in [1.165, 1.54) is 41.5 Å². The minimum absolute atomic E-state index is 0.821. The Morgan fingerprint density at radius 1 is 1.41 bits per heavy atom. The van der Waals surface area contributed by atoms with Crippen LogP contribution < -0.4 is 5.32 Å². The van der Waals surface area contributed by atoms with Crippen LogP contribution in [0.3, 0.4) is 0 Å². The fourth-order valence-corrected chi connectivity index (χ4v) is 2.96. The summed E-state index contributed by atoms with van der Waals surface area (Å²) in [6, 6.07) is 6.82. The molecule has 0 spiro atoms. The first-order chi connectivity index (χ1) is 8.15. The Morgan fingerprint density at radius 2 is 2.24 bits per heavy atom. The van der Waals surface area contributed by atoms with Crippen molar-refractivity contribution in [3.8, 4) is 0 Å². The summed E-state index contributed by atoms with van der Waals surface area (Å²) >= 11 is 3.68. The quantitative estimate of drug-likeness (QED) is 0.919.